The van der Waals surface area contributed by atoms with Crippen LogP contribution in [-0.2, 0) is 13.0 Å². The molecule has 1 aromatic heterocycles. The second-order valence-electron chi connectivity index (χ2n) is 6.72. The standard InChI is InChI=1S/C22H27N3O/c1-3-16-25-21(24-20-13-9-8-12-18(20)22(25)26)19(4-2)23-15-14-17-10-6-5-7-11-17/h5-13,19,23H,3-4,14-16H2,1-2H3/p+1/t19-/m1/s1. The Kier molecular flexibility index (Phi) is 6.18. The third-order valence-electron chi connectivity index (χ3n) is 4.84. The first-order chi connectivity index (χ1) is 12.7. The van der Waals surface area contributed by atoms with Gasteiger partial charge < -0.3 is 5.32 Å². The van der Waals surface area contributed by atoms with Crippen LogP contribution in [-0.4, -0.2) is 16.1 Å². The highest BCUT2D eigenvalue weighted by atomic mass is 16.1. The van der Waals surface area contributed by atoms with Crippen LogP contribution in [0.25, 0.3) is 10.9 Å². The summed E-state index contributed by atoms with van der Waals surface area (Å²) in [5, 5.41) is 3.04. The molecule has 1 heterocycles. The Labute approximate surface area is 154 Å². The lowest BCUT2D eigenvalue weighted by Gasteiger charge is -2.19. The zero-order chi connectivity index (χ0) is 18.4. The Morgan fingerprint density at radius 2 is 1.77 bits per heavy atom. The Hall–Kier alpha value is -2.46. The predicted molar refractivity (Wildman–Crippen MR) is 106 cm³/mol. The number of hydrogen-bond acceptors (Lipinski definition) is 2. The highest BCUT2D eigenvalue weighted by molar-refractivity contribution is 5.77. The lowest BCUT2D eigenvalue weighted by atomic mass is 10.1. The van der Waals surface area contributed by atoms with E-state index in [9.17, 15) is 4.79 Å². The van der Waals surface area contributed by atoms with E-state index in [-0.39, 0.29) is 11.6 Å². The first-order valence-electron chi connectivity index (χ1n) is 9.61. The topological polar surface area (TPSA) is 51.5 Å². The molecule has 0 aliphatic rings. The van der Waals surface area contributed by atoms with E-state index >= 15 is 0 Å². The maximum Gasteiger partial charge on any atom is 0.261 e. The summed E-state index contributed by atoms with van der Waals surface area (Å²) in [6.07, 6.45) is 2.89. The summed E-state index contributed by atoms with van der Waals surface area (Å²) < 4.78 is 1.88. The molecule has 26 heavy (non-hydrogen) atoms. The SMILES string of the molecule is CCCn1c([C@@H](CC)[NH2+]CCc2ccccc2)nc2ccccc2c1=O. The van der Waals surface area contributed by atoms with Crippen LogP contribution in [0.1, 0.15) is 44.1 Å². The van der Waals surface area contributed by atoms with E-state index in [2.05, 4.69) is 43.4 Å². The quantitative estimate of drug-likeness (QED) is 0.679. The van der Waals surface area contributed by atoms with Gasteiger partial charge in [-0.2, -0.15) is 0 Å². The van der Waals surface area contributed by atoms with Crippen LogP contribution in [0.5, 0.6) is 0 Å². The summed E-state index contributed by atoms with van der Waals surface area (Å²) in [7, 11) is 0. The van der Waals surface area contributed by atoms with Crippen LogP contribution in [0.3, 0.4) is 0 Å². The molecule has 3 rings (SSSR count). The smallest absolute Gasteiger partial charge is 0.261 e. The van der Waals surface area contributed by atoms with Crippen LogP contribution in [0.4, 0.5) is 0 Å². The van der Waals surface area contributed by atoms with Gasteiger partial charge in [0, 0.05) is 19.4 Å². The van der Waals surface area contributed by atoms with Crippen LogP contribution in [0, 0.1) is 0 Å². The van der Waals surface area contributed by atoms with Gasteiger partial charge in [-0.05, 0) is 24.1 Å². The molecule has 2 N–H and O–H groups in total. The number of para-hydroxylation sites is 1. The average Bonchev–Trinajstić information content (AvgIpc) is 2.68. The molecular weight excluding hydrogens is 322 g/mol. The first kappa shape index (κ1) is 18.3. The fraction of sp³-hybridized carbons (Fsp3) is 0.364. The molecule has 0 unspecified atom stereocenters. The molecule has 4 nitrogen and oxygen atoms in total. The second kappa shape index (κ2) is 8.77. The fourth-order valence-electron chi connectivity index (χ4n) is 3.46. The second-order valence-corrected chi connectivity index (χ2v) is 6.72. The highest BCUT2D eigenvalue weighted by Gasteiger charge is 2.20. The molecule has 3 aromatic rings. The van der Waals surface area contributed by atoms with E-state index in [1.807, 2.05) is 34.9 Å². The van der Waals surface area contributed by atoms with Crippen molar-refractivity contribution in [2.24, 2.45) is 0 Å². The molecule has 0 amide bonds. The Bertz CT molecular complexity index is 902. The number of nitrogens with two attached hydrogens (primary N) is 1. The minimum atomic E-state index is 0.0855. The fourth-order valence-corrected chi connectivity index (χ4v) is 3.46. The van der Waals surface area contributed by atoms with Crippen LogP contribution in [0.2, 0.25) is 0 Å². The first-order valence-corrected chi connectivity index (χ1v) is 9.61. The normalized spacial score (nSPS) is 12.4. The summed E-state index contributed by atoms with van der Waals surface area (Å²) in [6, 6.07) is 18.4. The van der Waals surface area contributed by atoms with Gasteiger partial charge in [0.1, 0.15) is 6.04 Å². The van der Waals surface area contributed by atoms with Crippen molar-refractivity contribution in [3.8, 4) is 0 Å². The number of fused-ring (bicyclic) bond motifs is 1. The van der Waals surface area contributed by atoms with Crippen molar-refractivity contribution < 1.29 is 5.32 Å². The minimum Gasteiger partial charge on any atom is -0.337 e. The third-order valence-corrected chi connectivity index (χ3v) is 4.84. The molecule has 2 aromatic carbocycles. The molecule has 0 saturated heterocycles. The number of quaternary nitrogens is 1. The maximum absolute atomic E-state index is 13.0. The van der Waals surface area contributed by atoms with Gasteiger partial charge in [-0.3, -0.25) is 9.36 Å². The van der Waals surface area contributed by atoms with Crippen molar-refractivity contribution in [1.29, 1.82) is 0 Å². The number of nitrogens with zero attached hydrogens (tertiary/aromatic N) is 2. The van der Waals surface area contributed by atoms with Crippen molar-refractivity contribution in [2.75, 3.05) is 6.54 Å². The summed E-state index contributed by atoms with van der Waals surface area (Å²) in [6.45, 7) is 5.97. The molecule has 0 spiro atoms. The van der Waals surface area contributed by atoms with E-state index in [4.69, 9.17) is 4.98 Å². The van der Waals surface area contributed by atoms with E-state index < -0.39 is 0 Å². The van der Waals surface area contributed by atoms with Gasteiger partial charge in [0.2, 0.25) is 0 Å². The summed E-state index contributed by atoms with van der Waals surface area (Å²) in [4.78, 5) is 17.8. The Morgan fingerprint density at radius 1 is 1.04 bits per heavy atom. The summed E-state index contributed by atoms with van der Waals surface area (Å²) in [5.41, 5.74) is 2.23. The van der Waals surface area contributed by atoms with Crippen LogP contribution < -0.4 is 10.9 Å². The van der Waals surface area contributed by atoms with Crippen molar-refractivity contribution in [3.05, 3.63) is 76.3 Å². The minimum absolute atomic E-state index is 0.0855. The molecule has 136 valence electrons. The van der Waals surface area contributed by atoms with E-state index in [1.165, 1.54) is 5.56 Å². The van der Waals surface area contributed by atoms with Gasteiger partial charge in [0.05, 0.1) is 17.4 Å². The zero-order valence-electron chi connectivity index (χ0n) is 15.7. The maximum atomic E-state index is 13.0. The average molecular weight is 350 g/mol. The third kappa shape index (κ3) is 4.02. The molecule has 0 fully saturated rings. The summed E-state index contributed by atoms with van der Waals surface area (Å²) >= 11 is 0. The number of benzene rings is 2. The Morgan fingerprint density at radius 3 is 2.50 bits per heavy atom. The molecule has 0 radical (unpaired) electrons. The van der Waals surface area contributed by atoms with Crippen molar-refractivity contribution in [2.45, 2.75) is 45.7 Å². The van der Waals surface area contributed by atoms with E-state index in [1.54, 1.807) is 0 Å². The zero-order valence-corrected chi connectivity index (χ0v) is 15.7. The lowest BCUT2D eigenvalue weighted by molar-refractivity contribution is -0.697. The van der Waals surface area contributed by atoms with Gasteiger partial charge in [0.25, 0.3) is 5.56 Å². The monoisotopic (exact) mass is 350 g/mol. The van der Waals surface area contributed by atoms with Crippen molar-refractivity contribution in [1.82, 2.24) is 9.55 Å². The molecule has 0 aliphatic carbocycles. The molecule has 4 heteroatoms. The molecular formula is C22H28N3O+. The molecule has 0 bridgehead atoms. The van der Waals surface area contributed by atoms with E-state index in [0.29, 0.717) is 5.39 Å². The number of aromatic nitrogens is 2. The molecule has 0 saturated carbocycles. The van der Waals surface area contributed by atoms with E-state index in [0.717, 1.165) is 43.7 Å². The van der Waals surface area contributed by atoms with Gasteiger partial charge in [-0.25, -0.2) is 4.98 Å². The van der Waals surface area contributed by atoms with Gasteiger partial charge in [-0.1, -0.05) is 56.3 Å². The van der Waals surface area contributed by atoms with Crippen LogP contribution >= 0.6 is 0 Å². The molecule has 0 aliphatic heterocycles. The van der Waals surface area contributed by atoms with Crippen LogP contribution in [0.15, 0.2) is 59.4 Å². The van der Waals surface area contributed by atoms with Gasteiger partial charge in [-0.15, -0.1) is 0 Å². The van der Waals surface area contributed by atoms with Crippen molar-refractivity contribution in [3.63, 3.8) is 0 Å². The van der Waals surface area contributed by atoms with Crippen molar-refractivity contribution >= 4 is 10.9 Å². The number of hydrogen-bond donors (Lipinski definition) is 1. The predicted octanol–water partition coefficient (Wildman–Crippen LogP) is 3.06. The molecule has 1 atom stereocenters. The van der Waals surface area contributed by atoms with Gasteiger partial charge in [0.15, 0.2) is 5.82 Å². The Balaban J connectivity index is 1.87. The lowest BCUT2D eigenvalue weighted by Crippen LogP contribution is -2.86. The largest absolute Gasteiger partial charge is 0.337 e. The number of rotatable bonds is 8. The summed E-state index contributed by atoms with van der Waals surface area (Å²) in [5.74, 6) is 0.908. The highest BCUT2D eigenvalue weighted by Crippen LogP contribution is 2.14. The van der Waals surface area contributed by atoms with Gasteiger partial charge >= 0.3 is 0 Å².